The van der Waals surface area contributed by atoms with Gasteiger partial charge in [0.2, 0.25) is 5.82 Å². The molecule has 0 aliphatic rings. The first-order valence-electron chi connectivity index (χ1n) is 13.8. The summed E-state index contributed by atoms with van der Waals surface area (Å²) in [5.74, 6) is 1.60. The summed E-state index contributed by atoms with van der Waals surface area (Å²) in [4.78, 5) is 31.0. The summed E-state index contributed by atoms with van der Waals surface area (Å²) in [7, 11) is 3.08. The topological polar surface area (TPSA) is 117 Å². The number of aryl methyl sites for hydroxylation is 1. The van der Waals surface area contributed by atoms with E-state index in [1.165, 1.54) is 18.0 Å². The van der Waals surface area contributed by atoms with Gasteiger partial charge in [-0.2, -0.15) is 9.78 Å². The predicted octanol–water partition coefficient (Wildman–Crippen LogP) is 6.80. The van der Waals surface area contributed by atoms with Gasteiger partial charge in [0.05, 0.1) is 36.7 Å². The lowest BCUT2D eigenvalue weighted by atomic mass is 10.2. The quantitative estimate of drug-likeness (QED) is 0.169. The Labute approximate surface area is 266 Å². The second kappa shape index (κ2) is 12.7. The van der Waals surface area contributed by atoms with Crippen LogP contribution >= 0.6 is 15.9 Å². The van der Waals surface area contributed by atoms with Crippen LogP contribution in [0.15, 0.2) is 104 Å². The molecular formula is C34H27BrN4O6. The minimum absolute atomic E-state index is 0.218. The lowest BCUT2D eigenvalue weighted by molar-refractivity contribution is -0.118. The number of hydrogen-bond donors (Lipinski definition) is 1. The van der Waals surface area contributed by atoms with Crippen LogP contribution in [0.5, 0.6) is 17.2 Å². The van der Waals surface area contributed by atoms with Crippen LogP contribution in [-0.4, -0.2) is 42.6 Å². The monoisotopic (exact) mass is 666 g/mol. The fraction of sp³-hybridized carbons (Fsp3) is 0.118. The van der Waals surface area contributed by atoms with Gasteiger partial charge in [-0.05, 0) is 76.9 Å². The summed E-state index contributed by atoms with van der Waals surface area (Å²) >= 11 is 3.55. The molecular weight excluding hydrogens is 640 g/mol. The van der Waals surface area contributed by atoms with Gasteiger partial charge in [-0.25, -0.2) is 4.98 Å². The number of carbonyl (C=O) groups excluding carboxylic acids is 1. The maximum absolute atomic E-state index is 13.7. The van der Waals surface area contributed by atoms with E-state index < -0.39 is 0 Å². The summed E-state index contributed by atoms with van der Waals surface area (Å²) in [5.41, 5.74) is 2.96. The molecule has 0 aliphatic carbocycles. The first-order valence-corrected chi connectivity index (χ1v) is 14.6. The van der Waals surface area contributed by atoms with E-state index >= 15 is 0 Å². The van der Waals surface area contributed by atoms with E-state index in [0.717, 1.165) is 10.9 Å². The van der Waals surface area contributed by atoms with E-state index in [1.807, 2.05) is 55.5 Å². The number of ether oxygens (including phenoxy) is 3. The number of hydrogen-bond acceptors (Lipinski definition) is 8. The second-order valence-electron chi connectivity index (χ2n) is 9.97. The second-order valence-corrected chi connectivity index (χ2v) is 10.8. The van der Waals surface area contributed by atoms with E-state index in [0.29, 0.717) is 55.2 Å². The van der Waals surface area contributed by atoms with Crippen LogP contribution in [0.2, 0.25) is 0 Å². The zero-order valence-corrected chi connectivity index (χ0v) is 26.1. The number of nitrogens with one attached hydrogen (secondary N) is 1. The Hall–Kier alpha value is -5.42. The average Bonchev–Trinajstić information content (AvgIpc) is 3.49. The zero-order valence-electron chi connectivity index (χ0n) is 24.5. The largest absolute Gasteiger partial charge is 0.496 e. The van der Waals surface area contributed by atoms with E-state index in [-0.39, 0.29) is 23.9 Å². The van der Waals surface area contributed by atoms with Crippen LogP contribution in [0.25, 0.3) is 33.5 Å². The van der Waals surface area contributed by atoms with Crippen LogP contribution < -0.4 is 25.1 Å². The van der Waals surface area contributed by atoms with Crippen molar-refractivity contribution in [3.63, 3.8) is 0 Å². The number of benzene rings is 4. The lowest BCUT2D eigenvalue weighted by Gasteiger charge is -2.13. The molecule has 6 rings (SSSR count). The summed E-state index contributed by atoms with van der Waals surface area (Å²) in [5, 5.41) is 8.53. The average molecular weight is 668 g/mol. The standard InChI is InChI=1S/C34H27BrN4O6/c1-20-9-4-6-11-25(20)37-32(40)19-44-30-17-24(35)21(15-29(30)43-3)18-36-39-33(38-26-12-7-5-10-22(26)34(39)41)31-16-23-27(42-2)13-8-14-28(23)45-31/h4-18H,19H2,1-3H3,(H,37,40). The number of nitrogens with zero attached hydrogens (tertiary/aromatic N) is 3. The van der Waals surface area contributed by atoms with Crippen LogP contribution in [0, 0.1) is 6.92 Å². The molecule has 1 amide bonds. The highest BCUT2D eigenvalue weighted by Crippen LogP contribution is 2.34. The van der Waals surface area contributed by atoms with Crippen molar-refractivity contribution in [1.29, 1.82) is 0 Å². The molecule has 0 spiro atoms. The van der Waals surface area contributed by atoms with Gasteiger partial charge in [-0.15, -0.1) is 0 Å². The van der Waals surface area contributed by atoms with Gasteiger partial charge in [-0.1, -0.05) is 36.4 Å². The summed E-state index contributed by atoms with van der Waals surface area (Å²) in [6, 6.07) is 25.1. The van der Waals surface area contributed by atoms with Gasteiger partial charge in [0.1, 0.15) is 11.3 Å². The van der Waals surface area contributed by atoms with Crippen molar-refractivity contribution in [3.05, 3.63) is 111 Å². The number of aromatic nitrogens is 2. The first kappa shape index (κ1) is 29.6. The molecule has 0 saturated carbocycles. The Balaban J connectivity index is 1.33. The Bertz CT molecular complexity index is 2150. The third-order valence-electron chi connectivity index (χ3n) is 7.09. The van der Waals surface area contributed by atoms with Crippen molar-refractivity contribution in [1.82, 2.24) is 9.66 Å². The summed E-state index contributed by atoms with van der Waals surface area (Å²) in [6.07, 6.45) is 1.51. The van der Waals surface area contributed by atoms with Gasteiger partial charge in [-0.3, -0.25) is 9.59 Å². The van der Waals surface area contributed by atoms with Crippen LogP contribution in [0.1, 0.15) is 11.1 Å². The predicted molar refractivity (Wildman–Crippen MR) is 177 cm³/mol. The molecule has 4 aromatic carbocycles. The number of anilines is 1. The molecule has 2 heterocycles. The van der Waals surface area contributed by atoms with Gasteiger partial charge >= 0.3 is 0 Å². The highest BCUT2D eigenvalue weighted by Gasteiger charge is 2.18. The Morgan fingerprint density at radius 3 is 2.53 bits per heavy atom. The van der Waals surface area contributed by atoms with E-state index in [4.69, 9.17) is 23.6 Å². The number of methoxy groups -OCH3 is 2. The van der Waals surface area contributed by atoms with Crippen molar-refractivity contribution in [2.45, 2.75) is 6.92 Å². The third kappa shape index (κ3) is 6.02. The zero-order chi connectivity index (χ0) is 31.5. The molecule has 45 heavy (non-hydrogen) atoms. The number of carbonyl (C=O) groups is 1. The molecule has 11 heteroatoms. The smallest absolute Gasteiger partial charge is 0.282 e. The van der Waals surface area contributed by atoms with E-state index in [2.05, 4.69) is 26.3 Å². The third-order valence-corrected chi connectivity index (χ3v) is 7.78. The Kier molecular flexibility index (Phi) is 8.35. The number of para-hydroxylation sites is 2. The van der Waals surface area contributed by atoms with E-state index in [1.54, 1.807) is 43.5 Å². The van der Waals surface area contributed by atoms with Crippen molar-refractivity contribution < 1.29 is 23.4 Å². The highest BCUT2D eigenvalue weighted by atomic mass is 79.9. The first-order chi connectivity index (χ1) is 21.9. The summed E-state index contributed by atoms with van der Waals surface area (Å²) < 4.78 is 24.7. The molecule has 0 atom stereocenters. The van der Waals surface area contributed by atoms with Crippen LogP contribution in [0.4, 0.5) is 5.69 Å². The molecule has 0 aliphatic heterocycles. The number of rotatable bonds is 9. The molecule has 2 aromatic heterocycles. The number of halogens is 1. The maximum Gasteiger partial charge on any atom is 0.282 e. The molecule has 0 saturated heterocycles. The van der Waals surface area contributed by atoms with Gasteiger partial charge in [0.25, 0.3) is 11.5 Å². The molecule has 0 radical (unpaired) electrons. The van der Waals surface area contributed by atoms with Crippen molar-refractivity contribution in [2.75, 3.05) is 26.1 Å². The summed E-state index contributed by atoms with van der Waals surface area (Å²) in [6.45, 7) is 1.68. The molecule has 0 fully saturated rings. The van der Waals surface area contributed by atoms with E-state index in [9.17, 15) is 9.59 Å². The fourth-order valence-electron chi connectivity index (χ4n) is 4.80. The van der Waals surface area contributed by atoms with Gasteiger partial charge in [0, 0.05) is 15.7 Å². The number of fused-ring (bicyclic) bond motifs is 2. The molecule has 6 aromatic rings. The lowest BCUT2D eigenvalue weighted by Crippen LogP contribution is -2.21. The molecule has 226 valence electrons. The normalized spacial score (nSPS) is 11.3. The number of furan rings is 1. The van der Waals surface area contributed by atoms with Crippen LogP contribution in [0.3, 0.4) is 0 Å². The minimum Gasteiger partial charge on any atom is -0.496 e. The van der Waals surface area contributed by atoms with Gasteiger partial charge in [0.15, 0.2) is 23.9 Å². The van der Waals surface area contributed by atoms with Crippen LogP contribution in [-0.2, 0) is 4.79 Å². The Morgan fingerprint density at radius 1 is 0.956 bits per heavy atom. The molecule has 0 bridgehead atoms. The minimum atomic E-state index is -0.373. The van der Waals surface area contributed by atoms with Crippen molar-refractivity contribution in [2.24, 2.45) is 5.10 Å². The molecule has 1 N–H and O–H groups in total. The van der Waals surface area contributed by atoms with Crippen molar-refractivity contribution in [3.8, 4) is 28.8 Å². The molecule has 10 nitrogen and oxygen atoms in total. The Morgan fingerprint density at radius 2 is 1.73 bits per heavy atom. The molecule has 0 unspecified atom stereocenters. The SMILES string of the molecule is COc1cc(C=Nn2c(-c3cc4c(OC)cccc4o3)nc3ccccc3c2=O)c(Br)cc1OCC(=O)Nc1ccccc1C. The highest BCUT2D eigenvalue weighted by molar-refractivity contribution is 9.10. The van der Waals surface area contributed by atoms with Crippen molar-refractivity contribution >= 4 is 55.6 Å². The maximum atomic E-state index is 13.7. The fourth-order valence-corrected chi connectivity index (χ4v) is 5.22. The van der Waals surface area contributed by atoms with Gasteiger partial charge < -0.3 is 23.9 Å². The number of amides is 1.